The normalized spacial score (nSPS) is 14.2. The molecule has 0 unspecified atom stereocenters. The molecule has 1 aromatic rings. The lowest BCUT2D eigenvalue weighted by Gasteiger charge is -2.27. The molecule has 1 aliphatic heterocycles. The molecule has 2 rings (SSSR count). The molecule has 8 heteroatoms. The summed E-state index contributed by atoms with van der Waals surface area (Å²) in [5, 5.41) is 6.58. The highest BCUT2D eigenvalue weighted by Gasteiger charge is 2.32. The molecule has 2 amide bonds. The monoisotopic (exact) mass is 323 g/mol. The molecule has 1 aromatic heterocycles. The fourth-order valence-electron chi connectivity index (χ4n) is 2.46. The molecule has 1 fully saturated rings. The quantitative estimate of drug-likeness (QED) is 0.579. The number of rotatable bonds is 6. The minimum Gasteiger partial charge on any atom is -0.469 e. The Morgan fingerprint density at radius 1 is 1.22 bits per heavy atom. The van der Waals surface area contributed by atoms with Gasteiger partial charge in [-0.25, -0.2) is 5.01 Å². The van der Waals surface area contributed by atoms with Gasteiger partial charge in [0.05, 0.1) is 7.11 Å². The maximum Gasteiger partial charge on any atom is 0.305 e. The van der Waals surface area contributed by atoms with Crippen molar-refractivity contribution in [1.82, 2.24) is 15.2 Å². The van der Waals surface area contributed by atoms with Crippen LogP contribution in [0.25, 0.3) is 0 Å². The summed E-state index contributed by atoms with van der Waals surface area (Å²) in [4.78, 5) is 35.7. The van der Waals surface area contributed by atoms with Crippen LogP contribution in [0.15, 0.2) is 10.6 Å². The fraction of sp³-hybridized carbons (Fsp3) is 0.600. The first-order valence-electron chi connectivity index (χ1n) is 7.65. The molecule has 8 nitrogen and oxygen atoms in total. The summed E-state index contributed by atoms with van der Waals surface area (Å²) in [6.07, 6.45) is 2.48. The number of hydrogen-bond donors (Lipinski definition) is 0. The first-order chi connectivity index (χ1) is 11.0. The largest absolute Gasteiger partial charge is 0.469 e. The second kappa shape index (κ2) is 7.75. The zero-order valence-corrected chi connectivity index (χ0v) is 13.4. The Labute approximate surface area is 134 Å². The first kappa shape index (κ1) is 17.0. The summed E-state index contributed by atoms with van der Waals surface area (Å²) in [5.74, 6) is -0.187. The molecule has 1 aliphatic rings. The molecule has 0 spiro atoms. The van der Waals surface area contributed by atoms with Gasteiger partial charge in [-0.2, -0.15) is 0 Å². The Hall–Kier alpha value is -2.38. The first-order valence-corrected chi connectivity index (χ1v) is 7.65. The summed E-state index contributed by atoms with van der Waals surface area (Å²) >= 11 is 0. The van der Waals surface area contributed by atoms with Gasteiger partial charge in [-0.05, 0) is 26.2 Å². The Kier molecular flexibility index (Phi) is 5.72. The van der Waals surface area contributed by atoms with Crippen molar-refractivity contribution in [3.63, 3.8) is 0 Å². The third kappa shape index (κ3) is 4.30. The average molecular weight is 323 g/mol. The van der Waals surface area contributed by atoms with Crippen LogP contribution in [0.3, 0.4) is 0 Å². The van der Waals surface area contributed by atoms with Crippen molar-refractivity contribution in [2.45, 2.75) is 39.0 Å². The average Bonchev–Trinajstić information content (AvgIpc) is 3.19. The fourth-order valence-corrected chi connectivity index (χ4v) is 2.46. The van der Waals surface area contributed by atoms with Crippen molar-refractivity contribution < 1.29 is 23.6 Å². The van der Waals surface area contributed by atoms with Crippen LogP contribution in [0.2, 0.25) is 0 Å². The van der Waals surface area contributed by atoms with E-state index in [4.69, 9.17) is 4.52 Å². The highest BCUT2D eigenvalue weighted by atomic mass is 16.5. The predicted octanol–water partition coefficient (Wildman–Crippen LogP) is 1.31. The molecule has 0 radical (unpaired) electrons. The van der Waals surface area contributed by atoms with E-state index in [1.807, 2.05) is 0 Å². The highest BCUT2D eigenvalue weighted by molar-refractivity contribution is 5.94. The van der Waals surface area contributed by atoms with Gasteiger partial charge in [0, 0.05) is 32.0 Å². The molecular formula is C15H21N3O5. The SMILES string of the molecule is COC(=O)CCCCC(=O)N1CCCN1C(=O)c1cc(C)on1. The van der Waals surface area contributed by atoms with Crippen molar-refractivity contribution >= 4 is 17.8 Å². The summed E-state index contributed by atoms with van der Waals surface area (Å²) in [6.45, 7) is 2.70. The molecule has 2 heterocycles. The molecule has 0 aromatic carbocycles. The predicted molar refractivity (Wildman–Crippen MR) is 79.1 cm³/mol. The van der Waals surface area contributed by atoms with Crippen LogP contribution in [-0.4, -0.2) is 53.2 Å². The number of hydrazine groups is 1. The van der Waals surface area contributed by atoms with E-state index in [0.29, 0.717) is 44.5 Å². The van der Waals surface area contributed by atoms with E-state index in [1.165, 1.54) is 17.1 Å². The van der Waals surface area contributed by atoms with Crippen molar-refractivity contribution in [2.24, 2.45) is 0 Å². The molecule has 0 aliphatic carbocycles. The van der Waals surface area contributed by atoms with Gasteiger partial charge >= 0.3 is 5.97 Å². The summed E-state index contributed by atoms with van der Waals surface area (Å²) in [5.41, 5.74) is 0.202. The number of unbranched alkanes of at least 4 members (excludes halogenated alkanes) is 1. The van der Waals surface area contributed by atoms with Gasteiger partial charge in [0.2, 0.25) is 5.91 Å². The Balaban J connectivity index is 1.86. The van der Waals surface area contributed by atoms with Crippen LogP contribution in [0.5, 0.6) is 0 Å². The standard InChI is InChI=1S/C15H21N3O5/c1-11-10-12(16-23-11)15(21)18-9-5-8-17(18)13(19)6-3-4-7-14(20)22-2/h10H,3-9H2,1-2H3. The summed E-state index contributed by atoms with van der Waals surface area (Å²) < 4.78 is 9.46. The van der Waals surface area contributed by atoms with Gasteiger partial charge in [-0.3, -0.25) is 19.4 Å². The third-order valence-electron chi connectivity index (χ3n) is 3.65. The lowest BCUT2D eigenvalue weighted by molar-refractivity contribution is -0.142. The Morgan fingerprint density at radius 3 is 2.57 bits per heavy atom. The van der Waals surface area contributed by atoms with Crippen molar-refractivity contribution in [3.05, 3.63) is 17.5 Å². The van der Waals surface area contributed by atoms with E-state index >= 15 is 0 Å². The van der Waals surface area contributed by atoms with Crippen LogP contribution in [-0.2, 0) is 14.3 Å². The Bertz CT molecular complexity index is 583. The summed E-state index contributed by atoms with van der Waals surface area (Å²) in [6, 6.07) is 1.56. The van der Waals surface area contributed by atoms with E-state index in [1.54, 1.807) is 13.0 Å². The number of carbonyl (C=O) groups excluding carboxylic acids is 3. The second-order valence-electron chi connectivity index (χ2n) is 5.40. The number of aromatic nitrogens is 1. The van der Waals surface area contributed by atoms with Crippen molar-refractivity contribution in [1.29, 1.82) is 0 Å². The number of amides is 2. The zero-order chi connectivity index (χ0) is 16.8. The topological polar surface area (TPSA) is 93.0 Å². The number of carbonyl (C=O) groups is 3. The van der Waals surface area contributed by atoms with Crippen LogP contribution in [0.1, 0.15) is 48.4 Å². The summed E-state index contributed by atoms with van der Waals surface area (Å²) in [7, 11) is 1.34. The van der Waals surface area contributed by atoms with E-state index < -0.39 is 0 Å². The lowest BCUT2D eigenvalue weighted by Crippen LogP contribution is -2.44. The van der Waals surface area contributed by atoms with Gasteiger partial charge in [-0.15, -0.1) is 0 Å². The van der Waals surface area contributed by atoms with Crippen LogP contribution in [0.4, 0.5) is 0 Å². The number of methoxy groups -OCH3 is 1. The Morgan fingerprint density at radius 2 is 1.91 bits per heavy atom. The number of esters is 1. The smallest absolute Gasteiger partial charge is 0.305 e. The maximum absolute atomic E-state index is 12.4. The van der Waals surface area contributed by atoms with Gasteiger partial charge < -0.3 is 9.26 Å². The van der Waals surface area contributed by atoms with Crippen LogP contribution < -0.4 is 0 Å². The highest BCUT2D eigenvalue weighted by Crippen LogP contribution is 2.17. The molecule has 126 valence electrons. The molecule has 0 N–H and O–H groups in total. The zero-order valence-electron chi connectivity index (χ0n) is 13.4. The van der Waals surface area contributed by atoms with E-state index in [-0.39, 0.29) is 23.5 Å². The second-order valence-corrected chi connectivity index (χ2v) is 5.40. The lowest BCUT2D eigenvalue weighted by atomic mass is 10.2. The maximum atomic E-state index is 12.4. The van der Waals surface area contributed by atoms with Crippen LogP contribution >= 0.6 is 0 Å². The molecule has 0 saturated carbocycles. The van der Waals surface area contributed by atoms with Crippen molar-refractivity contribution in [3.8, 4) is 0 Å². The van der Waals surface area contributed by atoms with Gasteiger partial charge in [-0.1, -0.05) is 5.16 Å². The third-order valence-corrected chi connectivity index (χ3v) is 3.65. The molecule has 0 bridgehead atoms. The van der Waals surface area contributed by atoms with Crippen LogP contribution in [0, 0.1) is 6.92 Å². The van der Waals surface area contributed by atoms with Crippen molar-refractivity contribution in [2.75, 3.05) is 20.2 Å². The molecule has 23 heavy (non-hydrogen) atoms. The number of ether oxygens (including phenoxy) is 1. The molecule has 0 atom stereocenters. The van der Waals surface area contributed by atoms with E-state index in [9.17, 15) is 14.4 Å². The number of aryl methyl sites for hydroxylation is 1. The van der Waals surface area contributed by atoms with E-state index in [2.05, 4.69) is 9.89 Å². The number of nitrogens with zero attached hydrogens (tertiary/aromatic N) is 3. The number of hydrogen-bond acceptors (Lipinski definition) is 6. The minimum absolute atomic E-state index is 0.124. The molecular weight excluding hydrogens is 302 g/mol. The minimum atomic E-state index is -0.331. The van der Waals surface area contributed by atoms with E-state index in [0.717, 1.165) is 6.42 Å². The van der Waals surface area contributed by atoms with Gasteiger partial charge in [0.25, 0.3) is 5.91 Å². The van der Waals surface area contributed by atoms with Gasteiger partial charge in [0.1, 0.15) is 5.76 Å². The van der Waals surface area contributed by atoms with Gasteiger partial charge in [0.15, 0.2) is 5.69 Å². The molecule has 1 saturated heterocycles.